The summed E-state index contributed by atoms with van der Waals surface area (Å²) in [6.45, 7) is 2.85. The normalized spacial score (nSPS) is 18.1. The highest BCUT2D eigenvalue weighted by atomic mass is 16.2. The van der Waals surface area contributed by atoms with E-state index >= 15 is 0 Å². The van der Waals surface area contributed by atoms with E-state index in [1.807, 2.05) is 23.1 Å². The van der Waals surface area contributed by atoms with E-state index in [1.54, 1.807) is 0 Å². The first-order valence-corrected chi connectivity index (χ1v) is 7.74. The van der Waals surface area contributed by atoms with Gasteiger partial charge in [0.2, 0.25) is 5.91 Å². The lowest BCUT2D eigenvalue weighted by Crippen LogP contribution is -2.31. The number of hydrogen-bond donors (Lipinski definition) is 0. The molecule has 1 spiro atoms. The summed E-state index contributed by atoms with van der Waals surface area (Å²) >= 11 is 0. The maximum atomic E-state index is 12.9. The van der Waals surface area contributed by atoms with Crippen LogP contribution in [0.15, 0.2) is 48.5 Å². The first-order chi connectivity index (χ1) is 10.3. The van der Waals surface area contributed by atoms with Crippen LogP contribution in [0.3, 0.4) is 0 Å². The second-order valence-corrected chi connectivity index (χ2v) is 6.13. The fourth-order valence-electron chi connectivity index (χ4n) is 3.58. The van der Waals surface area contributed by atoms with Gasteiger partial charge in [-0.2, -0.15) is 0 Å². The average Bonchev–Trinajstić information content (AvgIpc) is 3.30. The van der Waals surface area contributed by atoms with Crippen molar-refractivity contribution in [1.82, 2.24) is 0 Å². The Hall–Kier alpha value is -2.09. The third-order valence-electron chi connectivity index (χ3n) is 4.87. The maximum Gasteiger partial charge on any atom is 0.238 e. The Labute approximate surface area is 125 Å². The van der Waals surface area contributed by atoms with Gasteiger partial charge in [-0.3, -0.25) is 4.79 Å². The third kappa shape index (κ3) is 1.75. The molecule has 0 bridgehead atoms. The molecule has 21 heavy (non-hydrogen) atoms. The summed E-state index contributed by atoms with van der Waals surface area (Å²) in [5, 5.41) is 0. The molecule has 1 saturated carbocycles. The Kier molecular flexibility index (Phi) is 2.68. The Balaban J connectivity index is 1.81. The first kappa shape index (κ1) is 12.6. The van der Waals surface area contributed by atoms with E-state index in [2.05, 4.69) is 37.3 Å². The quantitative estimate of drug-likeness (QED) is 0.835. The zero-order valence-corrected chi connectivity index (χ0v) is 12.3. The van der Waals surface area contributed by atoms with E-state index in [-0.39, 0.29) is 5.41 Å². The molecule has 2 heteroatoms. The molecule has 2 aliphatic rings. The summed E-state index contributed by atoms with van der Waals surface area (Å²) in [6.07, 6.45) is 2.99. The van der Waals surface area contributed by atoms with Crippen LogP contribution in [0.5, 0.6) is 0 Å². The van der Waals surface area contributed by atoms with Crippen LogP contribution in [0.4, 0.5) is 5.69 Å². The van der Waals surface area contributed by atoms with Crippen molar-refractivity contribution in [3.05, 3.63) is 65.2 Å². The lowest BCUT2D eigenvalue weighted by molar-refractivity contribution is -0.120. The summed E-state index contributed by atoms with van der Waals surface area (Å²) in [7, 11) is 0. The predicted octanol–water partition coefficient (Wildman–Crippen LogP) is 3.83. The van der Waals surface area contributed by atoms with Crippen molar-refractivity contribution >= 4 is 11.6 Å². The van der Waals surface area contributed by atoms with Gasteiger partial charge in [0.25, 0.3) is 0 Å². The number of hydrogen-bond acceptors (Lipinski definition) is 1. The van der Waals surface area contributed by atoms with E-state index in [1.165, 1.54) is 22.4 Å². The molecule has 1 aliphatic heterocycles. The lowest BCUT2D eigenvalue weighted by atomic mass is 9.95. The Morgan fingerprint density at radius 2 is 1.81 bits per heavy atom. The van der Waals surface area contributed by atoms with Crippen LogP contribution < -0.4 is 4.90 Å². The predicted molar refractivity (Wildman–Crippen MR) is 84.4 cm³/mol. The molecule has 0 N–H and O–H groups in total. The van der Waals surface area contributed by atoms with Crippen molar-refractivity contribution < 1.29 is 4.79 Å². The van der Waals surface area contributed by atoms with Crippen molar-refractivity contribution in [1.29, 1.82) is 0 Å². The smallest absolute Gasteiger partial charge is 0.238 e. The molecule has 1 amide bonds. The summed E-state index contributed by atoms with van der Waals surface area (Å²) in [4.78, 5) is 15.0. The molecule has 4 rings (SSSR count). The van der Waals surface area contributed by atoms with E-state index in [0.29, 0.717) is 12.5 Å². The molecule has 1 fully saturated rings. The van der Waals surface area contributed by atoms with Crippen LogP contribution in [0, 0.1) is 0 Å². The summed E-state index contributed by atoms with van der Waals surface area (Å²) < 4.78 is 0. The molecule has 0 aromatic heterocycles. The minimum absolute atomic E-state index is 0.185. The van der Waals surface area contributed by atoms with Gasteiger partial charge < -0.3 is 4.90 Å². The number of nitrogens with zero attached hydrogens (tertiary/aromatic N) is 1. The van der Waals surface area contributed by atoms with Gasteiger partial charge in [-0.15, -0.1) is 0 Å². The Morgan fingerprint density at radius 1 is 1.05 bits per heavy atom. The van der Waals surface area contributed by atoms with Crippen molar-refractivity contribution in [3.8, 4) is 0 Å². The molecule has 2 nitrogen and oxygen atoms in total. The minimum Gasteiger partial charge on any atom is -0.307 e. The number of para-hydroxylation sites is 1. The van der Waals surface area contributed by atoms with Crippen molar-refractivity contribution in [2.24, 2.45) is 0 Å². The molecule has 2 aromatic rings. The summed E-state index contributed by atoms with van der Waals surface area (Å²) in [6, 6.07) is 16.7. The molecule has 2 aromatic carbocycles. The molecule has 1 heterocycles. The van der Waals surface area contributed by atoms with Crippen LogP contribution in [-0.2, 0) is 23.2 Å². The third-order valence-corrected chi connectivity index (χ3v) is 4.87. The van der Waals surface area contributed by atoms with Gasteiger partial charge in [0, 0.05) is 0 Å². The van der Waals surface area contributed by atoms with Crippen LogP contribution >= 0.6 is 0 Å². The number of benzene rings is 2. The second kappa shape index (κ2) is 4.45. The van der Waals surface area contributed by atoms with Crippen molar-refractivity contribution in [2.45, 2.75) is 38.1 Å². The van der Waals surface area contributed by atoms with Gasteiger partial charge in [-0.05, 0) is 36.0 Å². The van der Waals surface area contributed by atoms with Gasteiger partial charge in [-0.25, -0.2) is 0 Å². The van der Waals surface area contributed by atoms with Crippen LogP contribution in [0.2, 0.25) is 0 Å². The Morgan fingerprint density at radius 3 is 2.48 bits per heavy atom. The van der Waals surface area contributed by atoms with Gasteiger partial charge in [-0.1, -0.05) is 55.5 Å². The van der Waals surface area contributed by atoms with Crippen LogP contribution in [0.1, 0.15) is 36.5 Å². The number of amides is 1. The zero-order chi connectivity index (χ0) is 14.4. The molecule has 0 unspecified atom stereocenters. The molecular weight excluding hydrogens is 258 g/mol. The second-order valence-electron chi connectivity index (χ2n) is 6.13. The summed E-state index contributed by atoms with van der Waals surface area (Å²) in [5.74, 6) is 0.308. The van der Waals surface area contributed by atoms with Gasteiger partial charge >= 0.3 is 0 Å². The number of carbonyl (C=O) groups is 1. The highest BCUT2D eigenvalue weighted by molar-refractivity contribution is 6.10. The first-order valence-electron chi connectivity index (χ1n) is 7.74. The standard InChI is InChI=1S/C19H19NO/c1-2-15-9-6-10-16-17(15)20(18(21)19(16)11-12-19)13-14-7-4-3-5-8-14/h3-10H,2,11-13H2,1H3. The number of carbonyl (C=O) groups excluding carboxylic acids is 1. The van der Waals surface area contributed by atoms with Crippen molar-refractivity contribution in [2.75, 3.05) is 4.90 Å². The largest absolute Gasteiger partial charge is 0.307 e. The molecule has 0 saturated heterocycles. The molecule has 106 valence electrons. The molecular formula is C19H19NO. The molecule has 0 atom stereocenters. The Bertz CT molecular complexity index is 701. The zero-order valence-electron chi connectivity index (χ0n) is 12.3. The summed E-state index contributed by atoms with van der Waals surface area (Å²) in [5.41, 5.74) is 4.75. The fraction of sp³-hybridized carbons (Fsp3) is 0.316. The van der Waals surface area contributed by atoms with E-state index in [9.17, 15) is 4.79 Å². The number of fused-ring (bicyclic) bond motifs is 2. The minimum atomic E-state index is -0.185. The van der Waals surface area contributed by atoms with E-state index in [0.717, 1.165) is 19.3 Å². The monoisotopic (exact) mass is 277 g/mol. The fourth-order valence-corrected chi connectivity index (χ4v) is 3.58. The average molecular weight is 277 g/mol. The number of rotatable bonds is 3. The lowest BCUT2D eigenvalue weighted by Gasteiger charge is -2.20. The van der Waals surface area contributed by atoms with Crippen LogP contribution in [0.25, 0.3) is 0 Å². The maximum absolute atomic E-state index is 12.9. The van der Waals surface area contributed by atoms with E-state index in [4.69, 9.17) is 0 Å². The molecule has 1 aliphatic carbocycles. The SMILES string of the molecule is CCc1cccc2c1N(Cc1ccccc1)C(=O)C21CC1. The van der Waals surface area contributed by atoms with E-state index < -0.39 is 0 Å². The van der Waals surface area contributed by atoms with Crippen LogP contribution in [-0.4, -0.2) is 5.91 Å². The van der Waals surface area contributed by atoms with Crippen molar-refractivity contribution in [3.63, 3.8) is 0 Å². The van der Waals surface area contributed by atoms with Gasteiger partial charge in [0.05, 0.1) is 17.6 Å². The number of aryl methyl sites for hydroxylation is 1. The number of anilines is 1. The van der Waals surface area contributed by atoms with Gasteiger partial charge in [0.1, 0.15) is 0 Å². The van der Waals surface area contributed by atoms with Gasteiger partial charge in [0.15, 0.2) is 0 Å². The highest BCUT2D eigenvalue weighted by Gasteiger charge is 2.59. The topological polar surface area (TPSA) is 20.3 Å². The highest BCUT2D eigenvalue weighted by Crippen LogP contribution is 2.58. The molecule has 0 radical (unpaired) electrons.